The van der Waals surface area contributed by atoms with Crippen molar-refractivity contribution in [3.05, 3.63) is 82.7 Å². The summed E-state index contributed by atoms with van der Waals surface area (Å²) in [5, 5.41) is 0. The van der Waals surface area contributed by atoms with Crippen molar-refractivity contribution >= 4 is 0 Å². The van der Waals surface area contributed by atoms with E-state index < -0.39 is 17.6 Å². The number of fused-ring (bicyclic) bond motifs is 2. The minimum absolute atomic E-state index is 0.0355. The highest BCUT2D eigenvalue weighted by atomic mass is 19.4. The molecule has 2 bridgehead atoms. The molecule has 2 aromatic rings. The van der Waals surface area contributed by atoms with Gasteiger partial charge in [0.15, 0.2) is 0 Å². The van der Waals surface area contributed by atoms with E-state index in [0.717, 1.165) is 56.0 Å². The fourth-order valence-electron chi connectivity index (χ4n) is 4.61. The molecule has 0 spiro atoms. The average molecular weight is 389 g/mol. The van der Waals surface area contributed by atoms with Crippen LogP contribution >= 0.6 is 0 Å². The molecule has 28 heavy (non-hydrogen) atoms. The van der Waals surface area contributed by atoms with Crippen LogP contribution in [0.3, 0.4) is 0 Å². The lowest BCUT2D eigenvalue weighted by atomic mass is 9.82. The Bertz CT molecular complexity index is 857. The van der Waals surface area contributed by atoms with Crippen LogP contribution in [0.1, 0.15) is 42.4 Å². The number of benzene rings is 2. The van der Waals surface area contributed by atoms with E-state index >= 15 is 0 Å². The van der Waals surface area contributed by atoms with Crippen molar-refractivity contribution in [3.8, 4) is 0 Å². The topological polar surface area (TPSA) is 3.24 Å². The summed E-state index contributed by atoms with van der Waals surface area (Å²) >= 11 is 0. The second-order valence-electron chi connectivity index (χ2n) is 7.82. The van der Waals surface area contributed by atoms with Crippen LogP contribution in [0.4, 0.5) is 17.6 Å². The summed E-state index contributed by atoms with van der Waals surface area (Å²) in [5.74, 6) is -0.620. The highest BCUT2D eigenvalue weighted by molar-refractivity contribution is 5.35. The first-order valence-corrected chi connectivity index (χ1v) is 9.75. The quantitative estimate of drug-likeness (QED) is 0.448. The molecule has 1 nitrogen and oxygen atoms in total. The Balaban J connectivity index is 1.57. The van der Waals surface area contributed by atoms with Gasteiger partial charge in [0.05, 0.1) is 5.56 Å². The van der Waals surface area contributed by atoms with Crippen LogP contribution in [0, 0.1) is 5.82 Å². The van der Waals surface area contributed by atoms with Gasteiger partial charge < -0.3 is 0 Å². The molecule has 0 amide bonds. The minimum Gasteiger partial charge on any atom is -0.289 e. The Hall–Kier alpha value is -2.14. The highest BCUT2D eigenvalue weighted by Crippen LogP contribution is 2.38. The van der Waals surface area contributed by atoms with Crippen LogP contribution in [0.25, 0.3) is 0 Å². The third kappa shape index (κ3) is 4.14. The molecule has 2 unspecified atom stereocenters. The second kappa shape index (κ2) is 7.70. The molecule has 2 heterocycles. The lowest BCUT2D eigenvalue weighted by Gasteiger charge is -2.45. The summed E-state index contributed by atoms with van der Waals surface area (Å²) in [5.41, 5.74) is 1.55. The number of hydrogen-bond donors (Lipinski definition) is 0. The fourth-order valence-corrected chi connectivity index (χ4v) is 4.61. The minimum atomic E-state index is -4.46. The normalized spacial score (nSPS) is 22.8. The zero-order valence-electron chi connectivity index (χ0n) is 15.6. The van der Waals surface area contributed by atoms with Gasteiger partial charge in [0, 0.05) is 18.6 Å². The smallest absolute Gasteiger partial charge is 0.289 e. The van der Waals surface area contributed by atoms with Crippen LogP contribution in [0.2, 0.25) is 0 Å². The Labute approximate surface area is 162 Å². The van der Waals surface area contributed by atoms with E-state index in [0.29, 0.717) is 6.04 Å². The lowest BCUT2D eigenvalue weighted by Crippen LogP contribution is -2.48. The van der Waals surface area contributed by atoms with Gasteiger partial charge in [0.1, 0.15) is 5.82 Å². The monoisotopic (exact) mass is 389 g/mol. The Morgan fingerprint density at radius 2 is 1.79 bits per heavy atom. The predicted molar refractivity (Wildman–Crippen MR) is 101 cm³/mol. The summed E-state index contributed by atoms with van der Waals surface area (Å²) in [6, 6.07) is 13.6. The maximum Gasteiger partial charge on any atom is 0.416 e. The number of rotatable bonds is 4. The molecule has 1 saturated heterocycles. The van der Waals surface area contributed by atoms with Crippen molar-refractivity contribution < 1.29 is 17.6 Å². The average Bonchev–Trinajstić information content (AvgIpc) is 2.62. The highest BCUT2D eigenvalue weighted by Gasteiger charge is 2.36. The van der Waals surface area contributed by atoms with Crippen molar-refractivity contribution in [2.24, 2.45) is 0 Å². The van der Waals surface area contributed by atoms with Gasteiger partial charge in [-0.05, 0) is 55.0 Å². The molecular weight excluding hydrogens is 366 g/mol. The first kappa shape index (κ1) is 19.2. The molecule has 148 valence electrons. The van der Waals surface area contributed by atoms with E-state index in [1.165, 1.54) is 5.56 Å². The molecule has 1 fully saturated rings. The molecule has 2 atom stereocenters. The molecule has 0 N–H and O–H groups in total. The van der Waals surface area contributed by atoms with Gasteiger partial charge in [0.2, 0.25) is 0 Å². The molecule has 5 heteroatoms. The summed E-state index contributed by atoms with van der Waals surface area (Å²) in [6.07, 6.45) is 1.78. The fraction of sp³-hybridized carbons (Fsp3) is 0.391. The Morgan fingerprint density at radius 3 is 2.50 bits per heavy atom. The predicted octanol–water partition coefficient (Wildman–Crippen LogP) is 6.14. The zero-order valence-corrected chi connectivity index (χ0v) is 15.6. The van der Waals surface area contributed by atoms with Crippen LogP contribution in [-0.2, 0) is 19.1 Å². The van der Waals surface area contributed by atoms with Crippen molar-refractivity contribution in [2.45, 2.75) is 56.9 Å². The van der Waals surface area contributed by atoms with Gasteiger partial charge >= 0.3 is 6.18 Å². The maximum absolute atomic E-state index is 13.6. The van der Waals surface area contributed by atoms with Gasteiger partial charge in [-0.15, -0.1) is 0 Å². The van der Waals surface area contributed by atoms with E-state index in [2.05, 4.69) is 23.1 Å². The molecular formula is C23H23F4N. The third-order valence-electron chi connectivity index (χ3n) is 5.86. The van der Waals surface area contributed by atoms with Gasteiger partial charge in [0.25, 0.3) is 0 Å². The molecule has 2 aliphatic rings. The third-order valence-corrected chi connectivity index (χ3v) is 5.86. The van der Waals surface area contributed by atoms with Crippen molar-refractivity contribution in [1.29, 1.82) is 0 Å². The molecule has 4 rings (SSSR count). The number of alkyl halides is 3. The summed E-state index contributed by atoms with van der Waals surface area (Å²) in [7, 11) is 0. The van der Waals surface area contributed by atoms with E-state index in [1.807, 2.05) is 18.2 Å². The van der Waals surface area contributed by atoms with Gasteiger partial charge in [-0.3, -0.25) is 4.90 Å². The van der Waals surface area contributed by atoms with Gasteiger partial charge in [-0.1, -0.05) is 48.4 Å². The molecule has 0 saturated carbocycles. The number of halogens is 4. The van der Waals surface area contributed by atoms with Crippen LogP contribution in [0.5, 0.6) is 0 Å². The zero-order chi connectivity index (χ0) is 19.7. The van der Waals surface area contributed by atoms with Crippen molar-refractivity contribution in [3.63, 3.8) is 0 Å². The van der Waals surface area contributed by atoms with Gasteiger partial charge in [-0.2, -0.15) is 13.2 Å². The molecule has 0 radical (unpaired) electrons. The Morgan fingerprint density at radius 1 is 1.00 bits per heavy atom. The van der Waals surface area contributed by atoms with E-state index in [-0.39, 0.29) is 18.0 Å². The summed E-state index contributed by atoms with van der Waals surface area (Å²) in [4.78, 5) is 2.47. The second-order valence-corrected chi connectivity index (χ2v) is 7.82. The first-order chi connectivity index (χ1) is 13.4. The molecule has 0 aliphatic carbocycles. The van der Waals surface area contributed by atoms with Crippen molar-refractivity contribution in [2.75, 3.05) is 0 Å². The lowest BCUT2D eigenvalue weighted by molar-refractivity contribution is -0.138. The largest absolute Gasteiger partial charge is 0.416 e. The number of piperidine rings is 1. The molecule has 0 aromatic heterocycles. The van der Waals surface area contributed by atoms with E-state index in [9.17, 15) is 17.6 Å². The first-order valence-electron chi connectivity index (χ1n) is 9.75. The van der Waals surface area contributed by atoms with Gasteiger partial charge in [-0.25, -0.2) is 4.39 Å². The summed E-state index contributed by atoms with van der Waals surface area (Å²) < 4.78 is 53.6. The molecule has 2 aliphatic heterocycles. The standard InChI is InChI=1S/C23H23F4N/c24-19-9-10-22(23(25,26)27)18(14-19)11-17-12-20-7-4-8-21(13-17)28(20)15-16-5-2-1-3-6-16/h1-3,5-6,9-10,12,14,20-21H,4,7-8,11,13,15H2. The SMILES string of the molecule is Fc1ccc(C(F)(F)F)c(CC2=CC3CCCC(C2)N3Cc2ccccc2)c1. The Kier molecular flexibility index (Phi) is 5.28. The summed E-state index contributed by atoms with van der Waals surface area (Å²) in [6.45, 7) is 0.855. The maximum atomic E-state index is 13.6. The number of nitrogens with zero attached hydrogens (tertiary/aromatic N) is 1. The molecule has 2 aromatic carbocycles. The number of hydrogen-bond acceptors (Lipinski definition) is 1. The van der Waals surface area contributed by atoms with Crippen LogP contribution in [0.15, 0.2) is 60.2 Å². The van der Waals surface area contributed by atoms with Crippen molar-refractivity contribution in [1.82, 2.24) is 4.90 Å². The van der Waals surface area contributed by atoms with Crippen LogP contribution < -0.4 is 0 Å². The van der Waals surface area contributed by atoms with E-state index in [4.69, 9.17) is 0 Å². The van der Waals surface area contributed by atoms with Crippen LogP contribution in [-0.4, -0.2) is 17.0 Å². The van der Waals surface area contributed by atoms with E-state index in [1.54, 1.807) is 0 Å².